The van der Waals surface area contributed by atoms with Crippen LogP contribution >= 0.6 is 12.4 Å². The van der Waals surface area contributed by atoms with Crippen LogP contribution in [-0.2, 0) is 10.2 Å². The first-order valence-corrected chi connectivity index (χ1v) is 9.95. The van der Waals surface area contributed by atoms with Gasteiger partial charge in [-0.05, 0) is 62.5 Å². The predicted molar refractivity (Wildman–Crippen MR) is 103 cm³/mol. The van der Waals surface area contributed by atoms with Crippen molar-refractivity contribution in [2.24, 2.45) is 23.5 Å². The van der Waals surface area contributed by atoms with E-state index in [9.17, 15) is 9.18 Å². The molecule has 0 radical (unpaired) electrons. The van der Waals surface area contributed by atoms with Crippen LogP contribution < -0.4 is 10.6 Å². The molecule has 3 fully saturated rings. The van der Waals surface area contributed by atoms with Gasteiger partial charge in [-0.15, -0.1) is 12.4 Å². The van der Waals surface area contributed by atoms with Crippen LogP contribution in [0.15, 0.2) is 18.2 Å². The fraction of sp³-hybridized carbons (Fsp3) is 0.667. The van der Waals surface area contributed by atoms with Crippen LogP contribution in [0.5, 0.6) is 0 Å². The van der Waals surface area contributed by atoms with Gasteiger partial charge in [0.15, 0.2) is 0 Å². The molecule has 26 heavy (non-hydrogen) atoms. The molecule has 5 rings (SSSR count). The number of carbonyl (C=O) groups is 1. The van der Waals surface area contributed by atoms with Crippen molar-refractivity contribution in [1.82, 2.24) is 0 Å². The van der Waals surface area contributed by atoms with Gasteiger partial charge in [-0.1, -0.05) is 18.9 Å². The number of benzene rings is 1. The number of anilines is 1. The SMILES string of the molecule is Cl.NC1C2CCCC1CC(C(=O)N1CC3(CCC3)c3c(F)cccc31)C2. The third-order valence-electron chi connectivity index (χ3n) is 7.61. The molecule has 3 aliphatic carbocycles. The first-order valence-electron chi connectivity index (χ1n) is 9.95. The minimum Gasteiger partial charge on any atom is -0.327 e. The molecule has 0 aromatic heterocycles. The van der Waals surface area contributed by atoms with Gasteiger partial charge in [0.1, 0.15) is 5.82 Å². The van der Waals surface area contributed by atoms with E-state index in [2.05, 4.69) is 0 Å². The number of nitrogens with two attached hydrogens (primary N) is 1. The lowest BCUT2D eigenvalue weighted by Crippen LogP contribution is -2.50. The summed E-state index contributed by atoms with van der Waals surface area (Å²) in [7, 11) is 0. The molecule has 0 saturated heterocycles. The number of halogens is 2. The van der Waals surface area contributed by atoms with E-state index in [1.54, 1.807) is 12.1 Å². The Morgan fingerprint density at radius 3 is 2.46 bits per heavy atom. The van der Waals surface area contributed by atoms with Crippen molar-refractivity contribution in [3.8, 4) is 0 Å². The molecule has 5 heteroatoms. The second kappa shape index (κ2) is 6.49. The van der Waals surface area contributed by atoms with Gasteiger partial charge in [-0.25, -0.2) is 4.39 Å². The van der Waals surface area contributed by atoms with Gasteiger partial charge in [0.05, 0.1) is 5.69 Å². The van der Waals surface area contributed by atoms with E-state index in [0.29, 0.717) is 18.4 Å². The minimum atomic E-state index is -0.130. The molecule has 1 spiro atoms. The van der Waals surface area contributed by atoms with Crippen LogP contribution in [0.1, 0.15) is 56.9 Å². The van der Waals surface area contributed by atoms with Crippen molar-refractivity contribution in [3.05, 3.63) is 29.6 Å². The summed E-state index contributed by atoms with van der Waals surface area (Å²) in [5.74, 6) is 1.15. The Morgan fingerprint density at radius 1 is 1.15 bits per heavy atom. The molecule has 2 N–H and O–H groups in total. The fourth-order valence-electron chi connectivity index (χ4n) is 6.15. The van der Waals surface area contributed by atoms with Crippen molar-refractivity contribution in [1.29, 1.82) is 0 Å². The monoisotopic (exact) mass is 378 g/mol. The first-order chi connectivity index (χ1) is 12.1. The van der Waals surface area contributed by atoms with Crippen molar-refractivity contribution >= 4 is 24.0 Å². The zero-order valence-electron chi connectivity index (χ0n) is 15.1. The molecule has 3 saturated carbocycles. The summed E-state index contributed by atoms with van der Waals surface area (Å²) in [6, 6.07) is 5.52. The second-order valence-corrected chi connectivity index (χ2v) is 8.89. The number of hydrogen-bond donors (Lipinski definition) is 1. The van der Waals surface area contributed by atoms with E-state index in [1.807, 2.05) is 11.0 Å². The molecule has 4 aliphatic rings. The highest BCUT2D eigenvalue weighted by Gasteiger charge is 2.51. The zero-order chi connectivity index (χ0) is 17.2. The third-order valence-corrected chi connectivity index (χ3v) is 7.61. The number of amides is 1. The minimum absolute atomic E-state index is 0. The van der Waals surface area contributed by atoms with Gasteiger partial charge < -0.3 is 10.6 Å². The molecule has 3 nitrogen and oxygen atoms in total. The lowest BCUT2D eigenvalue weighted by atomic mass is 9.64. The lowest BCUT2D eigenvalue weighted by molar-refractivity contribution is -0.125. The summed E-state index contributed by atoms with van der Waals surface area (Å²) in [4.78, 5) is 15.3. The van der Waals surface area contributed by atoms with Crippen LogP contribution in [0.3, 0.4) is 0 Å². The third kappa shape index (κ3) is 2.52. The number of rotatable bonds is 1. The maximum Gasteiger partial charge on any atom is 0.230 e. The Balaban J connectivity index is 0.00000168. The largest absolute Gasteiger partial charge is 0.327 e. The summed E-state index contributed by atoms with van der Waals surface area (Å²) in [6.07, 6.45) is 8.57. The topological polar surface area (TPSA) is 46.3 Å². The van der Waals surface area contributed by atoms with E-state index in [-0.39, 0.29) is 41.5 Å². The maximum atomic E-state index is 14.6. The summed E-state index contributed by atoms with van der Waals surface area (Å²) < 4.78 is 14.6. The second-order valence-electron chi connectivity index (χ2n) is 8.89. The number of fused-ring (bicyclic) bond motifs is 4. The van der Waals surface area contributed by atoms with Gasteiger partial charge in [0, 0.05) is 29.5 Å². The van der Waals surface area contributed by atoms with Gasteiger partial charge in [0.25, 0.3) is 0 Å². The molecule has 1 heterocycles. The van der Waals surface area contributed by atoms with Gasteiger partial charge in [-0.2, -0.15) is 0 Å². The summed E-state index contributed by atoms with van der Waals surface area (Å²) in [5, 5.41) is 0. The number of carbonyl (C=O) groups excluding carboxylic acids is 1. The Morgan fingerprint density at radius 2 is 1.85 bits per heavy atom. The Hall–Kier alpha value is -1.13. The molecule has 142 valence electrons. The highest BCUT2D eigenvalue weighted by Crippen LogP contribution is 2.54. The van der Waals surface area contributed by atoms with E-state index >= 15 is 0 Å². The lowest BCUT2D eigenvalue weighted by Gasteiger charge is -2.44. The average molecular weight is 379 g/mol. The first kappa shape index (κ1) is 18.2. The standard InChI is InChI=1S/C21H27FN2O.ClH/c22-16-6-2-7-17-18(16)21(8-3-9-21)12-24(17)20(25)15-10-13-4-1-5-14(11-15)19(13)23;/h2,6-7,13-15,19H,1,3-5,8-12,23H2;1H. The van der Waals surface area contributed by atoms with Crippen LogP contribution in [0.2, 0.25) is 0 Å². The van der Waals surface area contributed by atoms with Crippen molar-refractivity contribution in [3.63, 3.8) is 0 Å². The quantitative estimate of drug-likeness (QED) is 0.797. The van der Waals surface area contributed by atoms with E-state index in [4.69, 9.17) is 5.73 Å². The normalized spacial score (nSPS) is 34.0. The van der Waals surface area contributed by atoms with Crippen molar-refractivity contribution < 1.29 is 9.18 Å². The Labute approximate surface area is 160 Å². The molecule has 1 aromatic carbocycles. The van der Waals surface area contributed by atoms with E-state index < -0.39 is 0 Å². The van der Waals surface area contributed by atoms with Crippen molar-refractivity contribution in [2.75, 3.05) is 11.4 Å². The molecule has 1 amide bonds. The fourth-order valence-corrected chi connectivity index (χ4v) is 6.15. The molecule has 2 unspecified atom stereocenters. The average Bonchev–Trinajstić information content (AvgIpc) is 2.91. The molecule has 1 aromatic rings. The van der Waals surface area contributed by atoms with Crippen LogP contribution in [0.25, 0.3) is 0 Å². The van der Waals surface area contributed by atoms with Crippen LogP contribution in [-0.4, -0.2) is 18.5 Å². The van der Waals surface area contributed by atoms with Crippen molar-refractivity contribution in [2.45, 2.75) is 62.8 Å². The Bertz CT molecular complexity index is 706. The zero-order valence-corrected chi connectivity index (χ0v) is 15.9. The van der Waals surface area contributed by atoms with Gasteiger partial charge >= 0.3 is 0 Å². The summed E-state index contributed by atoms with van der Waals surface area (Å²) >= 11 is 0. The van der Waals surface area contributed by atoms with E-state index in [0.717, 1.165) is 56.2 Å². The van der Waals surface area contributed by atoms with Gasteiger partial charge in [-0.3, -0.25) is 4.79 Å². The summed E-state index contributed by atoms with van der Waals surface area (Å²) in [6.45, 7) is 0.681. The highest BCUT2D eigenvalue weighted by atomic mass is 35.5. The number of hydrogen-bond acceptors (Lipinski definition) is 2. The molecule has 2 atom stereocenters. The summed E-state index contributed by atoms with van der Waals surface area (Å²) in [5.41, 5.74) is 7.93. The van der Waals surface area contributed by atoms with E-state index in [1.165, 1.54) is 6.42 Å². The molecular formula is C21H28ClFN2O. The molecule has 1 aliphatic heterocycles. The van der Waals surface area contributed by atoms with Crippen LogP contribution in [0.4, 0.5) is 10.1 Å². The predicted octanol–water partition coefficient (Wildman–Crippen LogP) is 4.17. The highest BCUT2D eigenvalue weighted by molar-refractivity contribution is 5.98. The molecule has 2 bridgehead atoms. The number of nitrogens with zero attached hydrogens (tertiary/aromatic N) is 1. The van der Waals surface area contributed by atoms with Crippen LogP contribution in [0, 0.1) is 23.6 Å². The molecular weight excluding hydrogens is 351 g/mol. The van der Waals surface area contributed by atoms with Gasteiger partial charge in [0.2, 0.25) is 5.91 Å². The maximum absolute atomic E-state index is 14.6. The Kier molecular flexibility index (Phi) is 4.55. The smallest absolute Gasteiger partial charge is 0.230 e.